The Balaban J connectivity index is 1.56. The Kier molecular flexibility index (Phi) is 6.07. The first kappa shape index (κ1) is 18.6. The number of allylic oxidation sites excluding steroid dienone is 1. The first-order valence-corrected chi connectivity index (χ1v) is 9.57. The Morgan fingerprint density at radius 1 is 1.00 bits per heavy atom. The molecule has 140 valence electrons. The molecule has 26 heavy (non-hydrogen) atoms. The maximum Gasteiger partial charge on any atom is 0.246 e. The van der Waals surface area contributed by atoms with Crippen molar-refractivity contribution >= 4 is 17.4 Å². The number of nitrogens with zero attached hydrogens (tertiary/aromatic N) is 2. The van der Waals surface area contributed by atoms with E-state index in [0.29, 0.717) is 37.3 Å². The highest BCUT2D eigenvalue weighted by atomic mass is 19.1. The molecule has 2 amide bonds. The zero-order chi connectivity index (χ0) is 18.5. The molecule has 1 saturated heterocycles. The summed E-state index contributed by atoms with van der Waals surface area (Å²) in [6.45, 7) is 4.01. The summed E-state index contributed by atoms with van der Waals surface area (Å²) < 4.78 is 13.8. The molecule has 0 radical (unpaired) electrons. The predicted octanol–water partition coefficient (Wildman–Crippen LogP) is 3.48. The van der Waals surface area contributed by atoms with Gasteiger partial charge < -0.3 is 9.80 Å². The lowest BCUT2D eigenvalue weighted by atomic mass is 9.88. The van der Waals surface area contributed by atoms with Crippen LogP contribution in [0.25, 0.3) is 5.57 Å². The van der Waals surface area contributed by atoms with E-state index in [1.807, 2.05) is 4.90 Å². The number of rotatable bonds is 3. The van der Waals surface area contributed by atoms with Gasteiger partial charge in [-0.15, -0.1) is 0 Å². The van der Waals surface area contributed by atoms with Crippen molar-refractivity contribution in [2.24, 2.45) is 5.92 Å². The van der Waals surface area contributed by atoms with E-state index in [2.05, 4.69) is 0 Å². The van der Waals surface area contributed by atoms with E-state index in [1.165, 1.54) is 18.6 Å². The number of benzene rings is 1. The molecule has 1 aliphatic carbocycles. The van der Waals surface area contributed by atoms with Gasteiger partial charge >= 0.3 is 0 Å². The van der Waals surface area contributed by atoms with Crippen LogP contribution in [0.1, 0.15) is 44.6 Å². The van der Waals surface area contributed by atoms with Crippen molar-refractivity contribution in [2.75, 3.05) is 26.2 Å². The summed E-state index contributed by atoms with van der Waals surface area (Å²) >= 11 is 0. The van der Waals surface area contributed by atoms with E-state index in [9.17, 15) is 14.0 Å². The molecule has 2 aliphatic rings. The van der Waals surface area contributed by atoms with Gasteiger partial charge in [0.1, 0.15) is 5.82 Å². The Hall–Kier alpha value is -2.17. The van der Waals surface area contributed by atoms with Gasteiger partial charge in [0, 0.05) is 43.7 Å². The van der Waals surface area contributed by atoms with Gasteiger partial charge in [0.15, 0.2) is 0 Å². The van der Waals surface area contributed by atoms with Crippen molar-refractivity contribution in [3.05, 3.63) is 41.7 Å². The highest BCUT2D eigenvalue weighted by molar-refractivity contribution is 5.95. The minimum Gasteiger partial charge on any atom is -0.339 e. The van der Waals surface area contributed by atoms with Crippen LogP contribution in [-0.4, -0.2) is 47.8 Å². The van der Waals surface area contributed by atoms with Gasteiger partial charge in [-0.25, -0.2) is 4.39 Å². The third-order valence-corrected chi connectivity index (χ3v) is 5.50. The first-order chi connectivity index (χ1) is 12.6. The molecule has 1 heterocycles. The second kappa shape index (κ2) is 8.47. The van der Waals surface area contributed by atoms with Crippen LogP contribution < -0.4 is 0 Å². The van der Waals surface area contributed by atoms with E-state index in [4.69, 9.17) is 0 Å². The van der Waals surface area contributed by atoms with Crippen LogP contribution in [0.2, 0.25) is 0 Å². The van der Waals surface area contributed by atoms with Gasteiger partial charge in [0.2, 0.25) is 11.8 Å². The summed E-state index contributed by atoms with van der Waals surface area (Å²) in [5.74, 6) is -0.00320. The van der Waals surface area contributed by atoms with Gasteiger partial charge in [-0.05, 0) is 31.4 Å². The summed E-state index contributed by atoms with van der Waals surface area (Å²) in [5, 5.41) is 0. The molecule has 1 saturated carbocycles. The normalized spacial score (nSPS) is 19.5. The molecule has 1 aliphatic heterocycles. The van der Waals surface area contributed by atoms with Crippen molar-refractivity contribution in [2.45, 2.75) is 39.0 Å². The number of carbonyl (C=O) groups excluding carboxylic acids is 2. The van der Waals surface area contributed by atoms with Gasteiger partial charge in [-0.3, -0.25) is 9.59 Å². The molecule has 0 N–H and O–H groups in total. The average Bonchev–Trinajstić information content (AvgIpc) is 2.68. The van der Waals surface area contributed by atoms with Crippen LogP contribution in [0.3, 0.4) is 0 Å². The van der Waals surface area contributed by atoms with E-state index < -0.39 is 0 Å². The molecular formula is C21H27FN2O2. The second-order valence-corrected chi connectivity index (χ2v) is 7.29. The van der Waals surface area contributed by atoms with E-state index in [0.717, 1.165) is 25.7 Å². The molecule has 1 aromatic rings. The highest BCUT2D eigenvalue weighted by Crippen LogP contribution is 2.26. The maximum atomic E-state index is 13.8. The molecule has 0 bridgehead atoms. The fourth-order valence-electron chi connectivity index (χ4n) is 3.89. The zero-order valence-electron chi connectivity index (χ0n) is 15.4. The van der Waals surface area contributed by atoms with Gasteiger partial charge in [-0.2, -0.15) is 0 Å². The zero-order valence-corrected chi connectivity index (χ0v) is 15.4. The third kappa shape index (κ3) is 4.32. The fraction of sp³-hybridized carbons (Fsp3) is 0.524. The lowest BCUT2D eigenvalue weighted by Gasteiger charge is -2.36. The number of amides is 2. The molecular weight excluding hydrogens is 331 g/mol. The van der Waals surface area contributed by atoms with Crippen LogP contribution >= 0.6 is 0 Å². The fourth-order valence-corrected chi connectivity index (χ4v) is 3.89. The number of hydrogen-bond donors (Lipinski definition) is 0. The topological polar surface area (TPSA) is 40.6 Å². The van der Waals surface area contributed by atoms with Crippen LogP contribution in [-0.2, 0) is 9.59 Å². The number of halogens is 1. The summed E-state index contributed by atoms with van der Waals surface area (Å²) in [6.07, 6.45) is 7.03. The standard InChI is InChI=1S/C21H27FN2O2/c1-16(18-9-5-6-10-19(18)22)15-20(25)23-11-13-24(14-12-23)21(26)17-7-3-2-4-8-17/h5-6,9-10,15,17H,2-4,7-8,11-14H2,1H3/b16-15+. The molecule has 3 rings (SSSR count). The number of piperazine rings is 1. The monoisotopic (exact) mass is 358 g/mol. The van der Waals surface area contributed by atoms with Crippen LogP contribution in [0.5, 0.6) is 0 Å². The van der Waals surface area contributed by atoms with Crippen molar-refractivity contribution in [3.8, 4) is 0 Å². The first-order valence-electron chi connectivity index (χ1n) is 9.57. The maximum absolute atomic E-state index is 13.8. The van der Waals surface area contributed by atoms with Gasteiger partial charge in [0.25, 0.3) is 0 Å². The lowest BCUT2D eigenvalue weighted by molar-refractivity contribution is -0.141. The Morgan fingerprint density at radius 2 is 1.62 bits per heavy atom. The summed E-state index contributed by atoms with van der Waals surface area (Å²) in [7, 11) is 0. The summed E-state index contributed by atoms with van der Waals surface area (Å²) in [4.78, 5) is 28.7. The molecule has 5 heteroatoms. The molecule has 0 aromatic heterocycles. The SMILES string of the molecule is C/C(=C\C(=O)N1CCN(C(=O)C2CCCCC2)CC1)c1ccccc1F. The molecule has 0 unspecified atom stereocenters. The summed E-state index contributed by atoms with van der Waals surface area (Å²) in [5.41, 5.74) is 1.07. The molecule has 0 spiro atoms. The Bertz CT molecular complexity index is 687. The van der Waals surface area contributed by atoms with Crippen LogP contribution in [0, 0.1) is 11.7 Å². The Morgan fingerprint density at radius 3 is 2.27 bits per heavy atom. The predicted molar refractivity (Wildman–Crippen MR) is 99.8 cm³/mol. The Labute approximate surface area is 154 Å². The quantitative estimate of drug-likeness (QED) is 0.776. The van der Waals surface area contributed by atoms with E-state index in [-0.39, 0.29) is 23.5 Å². The minimum atomic E-state index is -0.322. The highest BCUT2D eigenvalue weighted by Gasteiger charge is 2.29. The lowest BCUT2D eigenvalue weighted by Crippen LogP contribution is -2.51. The summed E-state index contributed by atoms with van der Waals surface area (Å²) in [6, 6.07) is 6.47. The average molecular weight is 358 g/mol. The third-order valence-electron chi connectivity index (χ3n) is 5.50. The smallest absolute Gasteiger partial charge is 0.246 e. The molecule has 0 atom stereocenters. The van der Waals surface area contributed by atoms with Crippen molar-refractivity contribution in [1.29, 1.82) is 0 Å². The second-order valence-electron chi connectivity index (χ2n) is 7.29. The van der Waals surface area contributed by atoms with Crippen LogP contribution in [0.15, 0.2) is 30.3 Å². The van der Waals surface area contributed by atoms with Crippen molar-refractivity contribution in [1.82, 2.24) is 9.80 Å². The number of hydrogen-bond acceptors (Lipinski definition) is 2. The van der Waals surface area contributed by atoms with Gasteiger partial charge in [0.05, 0.1) is 0 Å². The molecule has 1 aromatic carbocycles. The molecule has 2 fully saturated rings. The van der Waals surface area contributed by atoms with Crippen LogP contribution in [0.4, 0.5) is 4.39 Å². The number of carbonyl (C=O) groups is 2. The minimum absolute atomic E-state index is 0.115. The molecule has 4 nitrogen and oxygen atoms in total. The van der Waals surface area contributed by atoms with Gasteiger partial charge in [-0.1, -0.05) is 37.5 Å². The van der Waals surface area contributed by atoms with E-state index >= 15 is 0 Å². The largest absolute Gasteiger partial charge is 0.339 e. The van der Waals surface area contributed by atoms with Crippen molar-refractivity contribution < 1.29 is 14.0 Å². The van der Waals surface area contributed by atoms with Crippen molar-refractivity contribution in [3.63, 3.8) is 0 Å². The van der Waals surface area contributed by atoms with E-state index in [1.54, 1.807) is 30.0 Å².